The van der Waals surface area contributed by atoms with Crippen molar-refractivity contribution >= 4 is 23.4 Å². The van der Waals surface area contributed by atoms with Crippen LogP contribution in [0.15, 0.2) is 77.6 Å². The van der Waals surface area contributed by atoms with Crippen LogP contribution in [-0.4, -0.2) is 16.0 Å². The van der Waals surface area contributed by atoms with Crippen molar-refractivity contribution in [3.8, 4) is 22.4 Å². The molecule has 0 spiro atoms. The number of rotatable bonds is 4. The molecule has 0 atom stereocenters. The highest BCUT2D eigenvalue weighted by Crippen LogP contribution is 2.37. The van der Waals surface area contributed by atoms with Crippen molar-refractivity contribution in [3.05, 3.63) is 89.5 Å². The molecule has 2 aromatic carbocycles. The summed E-state index contributed by atoms with van der Waals surface area (Å²) in [5.41, 5.74) is 2.74. The van der Waals surface area contributed by atoms with Gasteiger partial charge >= 0.3 is 0 Å². The van der Waals surface area contributed by atoms with Crippen molar-refractivity contribution in [3.63, 3.8) is 0 Å². The Labute approximate surface area is 164 Å². The highest BCUT2D eigenvalue weighted by Gasteiger charge is 2.22. The van der Waals surface area contributed by atoms with Crippen molar-refractivity contribution in [2.45, 2.75) is 0 Å². The summed E-state index contributed by atoms with van der Waals surface area (Å²) in [6, 6.07) is 16.1. The Hall–Kier alpha value is -3.51. The van der Waals surface area contributed by atoms with Gasteiger partial charge in [-0.1, -0.05) is 28.9 Å². The maximum absolute atomic E-state index is 13.3. The molecule has 4 rings (SSSR count). The Morgan fingerprint density at radius 2 is 1.68 bits per heavy atom. The van der Waals surface area contributed by atoms with Gasteiger partial charge in [0.2, 0.25) is 5.88 Å². The second-order valence-electron chi connectivity index (χ2n) is 5.91. The highest BCUT2D eigenvalue weighted by atomic mass is 35.5. The molecule has 2 aromatic heterocycles. The topological polar surface area (TPSA) is 68.0 Å². The Kier molecular flexibility index (Phi) is 4.87. The van der Waals surface area contributed by atoms with E-state index in [1.165, 1.54) is 12.1 Å². The van der Waals surface area contributed by atoms with Gasteiger partial charge in [0.25, 0.3) is 5.91 Å². The van der Waals surface area contributed by atoms with Crippen molar-refractivity contribution in [1.82, 2.24) is 10.1 Å². The molecule has 0 fully saturated rings. The number of aromatic nitrogens is 2. The largest absolute Gasteiger partial charge is 0.337 e. The summed E-state index contributed by atoms with van der Waals surface area (Å²) in [5.74, 6) is -0.622. The number of benzene rings is 2. The van der Waals surface area contributed by atoms with Crippen LogP contribution in [0, 0.1) is 5.82 Å². The van der Waals surface area contributed by atoms with E-state index in [2.05, 4.69) is 15.5 Å². The molecule has 1 amide bonds. The molecule has 7 heteroatoms. The second-order valence-corrected chi connectivity index (χ2v) is 6.32. The minimum absolute atomic E-state index is 0.162. The maximum Gasteiger partial charge on any atom is 0.259 e. The van der Waals surface area contributed by atoms with Crippen LogP contribution in [0.5, 0.6) is 0 Å². The van der Waals surface area contributed by atoms with Crippen LogP contribution in [0.2, 0.25) is 5.02 Å². The maximum atomic E-state index is 13.3. The van der Waals surface area contributed by atoms with E-state index in [0.717, 1.165) is 5.56 Å². The molecule has 0 aliphatic carbocycles. The van der Waals surface area contributed by atoms with Crippen molar-refractivity contribution in [2.75, 3.05) is 5.32 Å². The van der Waals surface area contributed by atoms with E-state index in [9.17, 15) is 9.18 Å². The van der Waals surface area contributed by atoms with E-state index < -0.39 is 5.91 Å². The average Bonchev–Trinajstić information content (AvgIpc) is 3.13. The van der Waals surface area contributed by atoms with Gasteiger partial charge in [0.1, 0.15) is 11.5 Å². The molecule has 0 aliphatic heterocycles. The zero-order chi connectivity index (χ0) is 19.5. The normalized spacial score (nSPS) is 10.6. The summed E-state index contributed by atoms with van der Waals surface area (Å²) < 4.78 is 18.7. The Balaban J connectivity index is 1.79. The molecule has 4 aromatic rings. The zero-order valence-electron chi connectivity index (χ0n) is 14.4. The quantitative estimate of drug-likeness (QED) is 0.500. The fraction of sp³-hybridized carbons (Fsp3) is 0. The van der Waals surface area contributed by atoms with Gasteiger partial charge in [0, 0.05) is 18.0 Å². The first-order chi connectivity index (χ1) is 13.6. The lowest BCUT2D eigenvalue weighted by molar-refractivity contribution is 0.102. The molecule has 0 saturated carbocycles. The Morgan fingerprint density at radius 3 is 2.39 bits per heavy atom. The molecule has 0 unspecified atom stereocenters. The summed E-state index contributed by atoms with van der Waals surface area (Å²) in [7, 11) is 0. The first kappa shape index (κ1) is 17.9. The molecule has 0 saturated heterocycles. The van der Waals surface area contributed by atoms with Gasteiger partial charge in [-0.2, -0.15) is 0 Å². The molecular formula is C21H13ClFN3O2. The summed E-state index contributed by atoms with van der Waals surface area (Å²) in [4.78, 5) is 16.7. The van der Waals surface area contributed by atoms with Crippen molar-refractivity contribution in [2.24, 2.45) is 0 Å². The molecular weight excluding hydrogens is 381 g/mol. The smallest absolute Gasteiger partial charge is 0.259 e. The van der Waals surface area contributed by atoms with Crippen molar-refractivity contribution in [1.29, 1.82) is 0 Å². The van der Waals surface area contributed by atoms with Crippen LogP contribution < -0.4 is 5.32 Å². The van der Waals surface area contributed by atoms with Gasteiger partial charge in [-0.25, -0.2) is 4.39 Å². The van der Waals surface area contributed by atoms with E-state index in [-0.39, 0.29) is 11.7 Å². The second kappa shape index (κ2) is 7.62. The van der Waals surface area contributed by atoms with Crippen LogP contribution in [0.25, 0.3) is 22.4 Å². The number of amides is 1. The Morgan fingerprint density at radius 1 is 0.964 bits per heavy atom. The lowest BCUT2D eigenvalue weighted by Gasteiger charge is -2.07. The van der Waals surface area contributed by atoms with Gasteiger partial charge < -0.3 is 4.52 Å². The molecule has 28 heavy (non-hydrogen) atoms. The number of nitrogens with one attached hydrogen (secondary N) is 1. The van der Waals surface area contributed by atoms with Gasteiger partial charge in [0.15, 0.2) is 0 Å². The molecule has 0 aliphatic rings. The minimum atomic E-state index is -0.428. The van der Waals surface area contributed by atoms with Crippen molar-refractivity contribution < 1.29 is 13.7 Å². The summed E-state index contributed by atoms with van der Waals surface area (Å²) in [6.07, 6.45) is 3.24. The van der Waals surface area contributed by atoms with E-state index in [4.69, 9.17) is 16.1 Å². The third kappa shape index (κ3) is 3.50. The third-order valence-corrected chi connectivity index (χ3v) is 4.45. The number of carbonyl (C=O) groups is 1. The number of pyridine rings is 1. The highest BCUT2D eigenvalue weighted by molar-refractivity contribution is 6.34. The standard InChI is InChI=1S/C21H13ClFN3O2/c22-17-4-2-1-3-16(17)20(27)25-21-18(13-9-11-24-12-10-13)19(26-28-21)14-5-7-15(23)8-6-14/h1-12H,(H,25,27). The van der Waals surface area contributed by atoms with Crippen LogP contribution in [0.4, 0.5) is 10.3 Å². The molecule has 138 valence electrons. The number of anilines is 1. The predicted octanol–water partition coefficient (Wildman–Crippen LogP) is 5.45. The fourth-order valence-electron chi connectivity index (χ4n) is 2.78. The fourth-order valence-corrected chi connectivity index (χ4v) is 3.00. The van der Waals surface area contributed by atoms with E-state index in [1.807, 2.05) is 0 Å². The van der Waals surface area contributed by atoms with Gasteiger partial charge in [-0.3, -0.25) is 15.1 Å². The number of hydrogen-bond acceptors (Lipinski definition) is 4. The molecule has 0 radical (unpaired) electrons. The average molecular weight is 394 g/mol. The number of halogens is 2. The van der Waals surface area contributed by atoms with Crippen LogP contribution >= 0.6 is 11.6 Å². The molecule has 1 N–H and O–H groups in total. The monoisotopic (exact) mass is 393 g/mol. The molecule has 0 bridgehead atoms. The number of hydrogen-bond donors (Lipinski definition) is 1. The van der Waals surface area contributed by atoms with Crippen LogP contribution in [0.3, 0.4) is 0 Å². The Bertz CT molecular complexity index is 1130. The van der Waals surface area contributed by atoms with Gasteiger partial charge in [0.05, 0.1) is 16.1 Å². The van der Waals surface area contributed by atoms with E-state index >= 15 is 0 Å². The lowest BCUT2D eigenvalue weighted by Crippen LogP contribution is -2.12. The number of carbonyl (C=O) groups excluding carboxylic acids is 1. The predicted molar refractivity (Wildman–Crippen MR) is 105 cm³/mol. The van der Waals surface area contributed by atoms with E-state index in [1.54, 1.807) is 60.9 Å². The summed E-state index contributed by atoms with van der Waals surface area (Å²) in [6.45, 7) is 0. The first-order valence-corrected chi connectivity index (χ1v) is 8.73. The van der Waals surface area contributed by atoms with Crippen LogP contribution in [-0.2, 0) is 0 Å². The van der Waals surface area contributed by atoms with E-state index in [0.29, 0.717) is 27.4 Å². The number of nitrogens with zero attached hydrogens (tertiary/aromatic N) is 2. The zero-order valence-corrected chi connectivity index (χ0v) is 15.2. The first-order valence-electron chi connectivity index (χ1n) is 8.35. The van der Waals surface area contributed by atoms with Gasteiger partial charge in [-0.05, 0) is 54.1 Å². The lowest BCUT2D eigenvalue weighted by atomic mass is 10.0. The SMILES string of the molecule is O=C(Nc1onc(-c2ccc(F)cc2)c1-c1ccncc1)c1ccccc1Cl. The summed E-state index contributed by atoms with van der Waals surface area (Å²) in [5, 5.41) is 7.14. The summed E-state index contributed by atoms with van der Waals surface area (Å²) >= 11 is 6.11. The molecule has 5 nitrogen and oxygen atoms in total. The molecule has 2 heterocycles. The van der Waals surface area contributed by atoms with Crippen LogP contribution in [0.1, 0.15) is 10.4 Å². The third-order valence-electron chi connectivity index (χ3n) is 4.12. The minimum Gasteiger partial charge on any atom is -0.337 e. The van der Waals surface area contributed by atoms with Gasteiger partial charge in [-0.15, -0.1) is 0 Å².